The van der Waals surface area contributed by atoms with E-state index in [1.807, 2.05) is 20.8 Å². The van der Waals surface area contributed by atoms with Crippen molar-refractivity contribution >= 4 is 34.3 Å². The van der Waals surface area contributed by atoms with Crippen LogP contribution in [0, 0.1) is 17.3 Å². The molecule has 8 atom stereocenters. The monoisotopic (exact) mass is 522 g/mol. The van der Waals surface area contributed by atoms with Gasteiger partial charge in [-0.2, -0.15) is 0 Å². The van der Waals surface area contributed by atoms with Crippen LogP contribution in [0.1, 0.15) is 53.4 Å². The number of Topliss-reactive ketones (excluding diaryl/α,β-unsaturated/α-hetero) is 1. The zero-order valence-corrected chi connectivity index (χ0v) is 19.5. The Morgan fingerprint density at radius 1 is 1.17 bits per heavy atom. The van der Waals surface area contributed by atoms with Crippen molar-refractivity contribution in [2.24, 2.45) is 17.3 Å². The van der Waals surface area contributed by atoms with E-state index < -0.39 is 59.4 Å². The minimum absolute atomic E-state index is 0.00320. The van der Waals surface area contributed by atoms with Crippen molar-refractivity contribution in [2.45, 2.75) is 89.7 Å². The van der Waals surface area contributed by atoms with Crippen molar-refractivity contribution < 1.29 is 34.0 Å². The number of aliphatic hydroxyl groups is 2. The van der Waals surface area contributed by atoms with Gasteiger partial charge in [-0.1, -0.05) is 50.3 Å². The van der Waals surface area contributed by atoms with Crippen LogP contribution in [0.5, 0.6) is 0 Å². The van der Waals surface area contributed by atoms with Gasteiger partial charge in [0.25, 0.3) is 0 Å². The molecule has 0 spiro atoms. The second-order valence-electron chi connectivity index (χ2n) is 9.28. The lowest BCUT2D eigenvalue weighted by Crippen LogP contribution is -2.49. The number of carbonyl (C=O) groups excluding carboxylic acids is 2. The lowest BCUT2D eigenvalue weighted by atomic mass is 9.77. The first-order valence-corrected chi connectivity index (χ1v) is 11.5. The van der Waals surface area contributed by atoms with Crippen LogP contribution in [0.2, 0.25) is 0 Å². The number of ketones is 1. The van der Waals surface area contributed by atoms with Crippen molar-refractivity contribution in [3.63, 3.8) is 0 Å². The number of carbonyl (C=O) groups is 2. The molecule has 3 saturated heterocycles. The summed E-state index contributed by atoms with van der Waals surface area (Å²) in [5.74, 6) is -3.45. The predicted molar refractivity (Wildman–Crippen MR) is 113 cm³/mol. The van der Waals surface area contributed by atoms with Crippen molar-refractivity contribution in [3.05, 3.63) is 10.2 Å². The number of aliphatic hydroxyl groups excluding tert-OH is 1. The quantitative estimate of drug-likeness (QED) is 0.403. The van der Waals surface area contributed by atoms with Crippen molar-refractivity contribution in [2.75, 3.05) is 0 Å². The number of ether oxygens (including phenoxy) is 3. The third-order valence-electron chi connectivity index (χ3n) is 6.87. The van der Waals surface area contributed by atoms with E-state index in [2.05, 4.69) is 22.6 Å². The summed E-state index contributed by atoms with van der Waals surface area (Å²) >= 11 is 2.07. The number of esters is 1. The third-order valence-corrected chi connectivity index (χ3v) is 7.29. The lowest BCUT2D eigenvalue weighted by Gasteiger charge is -2.39. The van der Waals surface area contributed by atoms with E-state index >= 15 is 0 Å². The lowest BCUT2D eigenvalue weighted by molar-refractivity contribution is -0.226. The fraction of sp³-hybridized carbons (Fsp3) is 0.810. The normalized spacial score (nSPS) is 46.0. The average Bonchev–Trinajstić information content (AvgIpc) is 2.95. The highest BCUT2D eigenvalue weighted by molar-refractivity contribution is 14.1. The van der Waals surface area contributed by atoms with Crippen LogP contribution < -0.4 is 0 Å². The Morgan fingerprint density at radius 2 is 1.86 bits per heavy atom. The molecule has 0 radical (unpaired) electrons. The first-order valence-electron chi connectivity index (χ1n) is 10.2. The summed E-state index contributed by atoms with van der Waals surface area (Å²) in [5.41, 5.74) is -0.661. The molecule has 3 aliphatic heterocycles. The Balaban J connectivity index is 1.99. The minimum Gasteiger partial charge on any atom is -0.457 e. The number of hydrogen-bond acceptors (Lipinski definition) is 7. The largest absolute Gasteiger partial charge is 0.457 e. The molecule has 0 saturated carbocycles. The van der Waals surface area contributed by atoms with Crippen LogP contribution in [0.25, 0.3) is 0 Å². The molecule has 0 aromatic heterocycles. The Bertz CT molecular complexity index is 678. The van der Waals surface area contributed by atoms with Gasteiger partial charge in [0.05, 0.1) is 30.8 Å². The van der Waals surface area contributed by atoms with Crippen LogP contribution in [0.3, 0.4) is 0 Å². The second kappa shape index (κ2) is 8.53. The van der Waals surface area contributed by atoms with Gasteiger partial charge in [-0.15, -0.1) is 0 Å². The molecule has 0 amide bonds. The van der Waals surface area contributed by atoms with E-state index in [1.54, 1.807) is 17.1 Å². The van der Waals surface area contributed by atoms with Gasteiger partial charge in [0.15, 0.2) is 5.78 Å². The maximum absolute atomic E-state index is 13.0. The predicted octanol–water partition coefficient (Wildman–Crippen LogP) is 2.50. The summed E-state index contributed by atoms with van der Waals surface area (Å²) in [7, 11) is 0. The first kappa shape index (κ1) is 23.1. The molecule has 3 heterocycles. The fourth-order valence-corrected chi connectivity index (χ4v) is 4.95. The molecular formula is C21H31IO7. The van der Waals surface area contributed by atoms with Gasteiger partial charge in [-0.25, -0.2) is 0 Å². The molecule has 0 aromatic rings. The van der Waals surface area contributed by atoms with E-state index in [0.717, 1.165) is 0 Å². The summed E-state index contributed by atoms with van der Waals surface area (Å²) < 4.78 is 19.5. The fourth-order valence-electron chi connectivity index (χ4n) is 4.58. The standard InChI is InChI=1S/C21H31IO7/c1-11-7-18-20(3,4)17(5-6-22)28-19(25)10-15-12(2)14(23)8-13(27-15)9-16(24)21(11,26)29-18/h5-6,11-15,17-18,23,26H,7-10H2,1-4H3/b6-5+/t11-,12-,13+,14+,15+,17+,18-,21-/m1/s1. The summed E-state index contributed by atoms with van der Waals surface area (Å²) in [6.07, 6.45) is -0.443. The number of halogens is 1. The van der Waals surface area contributed by atoms with Crippen molar-refractivity contribution in [1.29, 1.82) is 0 Å². The Labute approximate surface area is 185 Å². The van der Waals surface area contributed by atoms with Gasteiger partial charge >= 0.3 is 5.97 Å². The van der Waals surface area contributed by atoms with Crippen LogP contribution in [-0.2, 0) is 23.8 Å². The van der Waals surface area contributed by atoms with E-state index in [4.69, 9.17) is 14.2 Å². The maximum atomic E-state index is 13.0. The smallest absolute Gasteiger partial charge is 0.309 e. The van der Waals surface area contributed by atoms with Crippen molar-refractivity contribution in [1.82, 2.24) is 0 Å². The number of rotatable bonds is 1. The Morgan fingerprint density at radius 3 is 2.52 bits per heavy atom. The van der Waals surface area contributed by atoms with E-state index in [9.17, 15) is 19.8 Å². The maximum Gasteiger partial charge on any atom is 0.309 e. The molecule has 2 N–H and O–H groups in total. The topological polar surface area (TPSA) is 102 Å². The zero-order chi connectivity index (χ0) is 21.6. The summed E-state index contributed by atoms with van der Waals surface area (Å²) in [4.78, 5) is 25.8. The summed E-state index contributed by atoms with van der Waals surface area (Å²) in [6, 6.07) is 0. The van der Waals surface area contributed by atoms with Crippen molar-refractivity contribution in [3.8, 4) is 0 Å². The van der Waals surface area contributed by atoms with E-state index in [1.165, 1.54) is 0 Å². The molecule has 0 aliphatic carbocycles. The number of hydrogen-bond donors (Lipinski definition) is 2. The third kappa shape index (κ3) is 4.42. The van der Waals surface area contributed by atoms with Gasteiger partial charge in [-0.05, 0) is 16.6 Å². The van der Waals surface area contributed by atoms with Gasteiger partial charge in [0, 0.05) is 30.1 Å². The molecule has 3 aliphatic rings. The van der Waals surface area contributed by atoms with Gasteiger partial charge in [0.2, 0.25) is 5.79 Å². The molecule has 4 bridgehead atoms. The molecule has 0 unspecified atom stereocenters. The average molecular weight is 522 g/mol. The van der Waals surface area contributed by atoms with E-state index in [-0.39, 0.29) is 25.2 Å². The highest BCUT2D eigenvalue weighted by Crippen LogP contribution is 2.46. The molecule has 8 heteroatoms. The summed E-state index contributed by atoms with van der Waals surface area (Å²) in [6.45, 7) is 7.44. The SMILES string of the molecule is C[C@H]1[C@@H]2CC(=O)O[C@@H](/C=C/I)C(C)(C)[C@H]3C[C@@H](C)[C@@](O)(O3)C(=O)C[C@H](C[C@@H]1O)O2. The zero-order valence-electron chi connectivity index (χ0n) is 17.3. The van der Waals surface area contributed by atoms with Crippen LogP contribution >= 0.6 is 22.6 Å². The van der Waals surface area contributed by atoms with Gasteiger partial charge in [-0.3, -0.25) is 9.59 Å². The van der Waals surface area contributed by atoms with Crippen LogP contribution in [0.4, 0.5) is 0 Å². The number of fused-ring (bicyclic) bond motifs is 4. The van der Waals surface area contributed by atoms with E-state index in [0.29, 0.717) is 6.42 Å². The second-order valence-corrected chi connectivity index (χ2v) is 10.00. The Hall–Kier alpha value is -0.550. The molecule has 3 fully saturated rings. The molecule has 3 rings (SSSR count). The molecular weight excluding hydrogens is 491 g/mol. The highest BCUT2D eigenvalue weighted by Gasteiger charge is 2.56. The van der Waals surface area contributed by atoms with Crippen LogP contribution in [0.15, 0.2) is 10.2 Å². The molecule has 0 aromatic carbocycles. The minimum atomic E-state index is -1.91. The van der Waals surface area contributed by atoms with Gasteiger partial charge < -0.3 is 24.4 Å². The Kier molecular flexibility index (Phi) is 6.80. The number of cyclic esters (lactones) is 1. The van der Waals surface area contributed by atoms with Crippen LogP contribution in [-0.4, -0.2) is 58.3 Å². The molecule has 164 valence electrons. The molecule has 29 heavy (non-hydrogen) atoms. The van der Waals surface area contributed by atoms with Gasteiger partial charge in [0.1, 0.15) is 6.10 Å². The summed E-state index contributed by atoms with van der Waals surface area (Å²) in [5, 5.41) is 21.5. The first-order chi connectivity index (χ1) is 13.5. The molecule has 7 nitrogen and oxygen atoms in total. The highest BCUT2D eigenvalue weighted by atomic mass is 127.